The van der Waals surface area contributed by atoms with Gasteiger partial charge in [-0.2, -0.15) is 0 Å². The summed E-state index contributed by atoms with van der Waals surface area (Å²) in [4.78, 5) is 39.1. The van der Waals surface area contributed by atoms with Crippen molar-refractivity contribution in [3.05, 3.63) is 20.4 Å². The molecule has 21 heavy (non-hydrogen) atoms. The smallest absolute Gasteiger partial charge is 0.253 e. The van der Waals surface area contributed by atoms with Crippen LogP contribution in [0.2, 0.25) is 0 Å². The second kappa shape index (κ2) is 5.85. The van der Waals surface area contributed by atoms with Gasteiger partial charge in [-0.15, -0.1) is 0 Å². The number of nitrogens with one attached hydrogen (secondary N) is 1. The molecule has 114 valence electrons. The molecule has 1 aromatic rings. The van der Waals surface area contributed by atoms with Crippen LogP contribution in [-0.2, 0) is 9.53 Å². The molecule has 2 fully saturated rings. The van der Waals surface area contributed by atoms with Crippen LogP contribution in [-0.4, -0.2) is 56.7 Å². The van der Waals surface area contributed by atoms with E-state index in [1.807, 2.05) is 4.90 Å². The minimum Gasteiger partial charge on any atom is -0.378 e. The zero-order valence-corrected chi connectivity index (χ0v) is 11.9. The average Bonchev–Trinajstić information content (AvgIpc) is 3.05. The fraction of sp³-hybridized carbons (Fsp3) is 0.643. The standard InChI is InChI=1S/C14H19N3O4/c18-10(16-3-1-2-4-16)9-15-11-12(14(20)13(11)19)17-5-7-21-8-6-17/h15H,1-9H2. The highest BCUT2D eigenvalue weighted by Gasteiger charge is 2.28. The van der Waals surface area contributed by atoms with Gasteiger partial charge < -0.3 is 19.9 Å². The van der Waals surface area contributed by atoms with Crippen LogP contribution < -0.4 is 21.1 Å². The van der Waals surface area contributed by atoms with E-state index < -0.39 is 10.9 Å². The number of amides is 1. The number of anilines is 2. The summed E-state index contributed by atoms with van der Waals surface area (Å²) in [6.07, 6.45) is 2.07. The molecule has 1 N–H and O–H groups in total. The lowest BCUT2D eigenvalue weighted by atomic mass is 10.1. The Morgan fingerprint density at radius 3 is 2.38 bits per heavy atom. The largest absolute Gasteiger partial charge is 0.378 e. The van der Waals surface area contributed by atoms with E-state index in [0.717, 1.165) is 25.9 Å². The van der Waals surface area contributed by atoms with Crippen LogP contribution in [0.1, 0.15) is 12.8 Å². The molecule has 2 aliphatic rings. The Labute approximate surface area is 122 Å². The molecule has 0 saturated carbocycles. The quantitative estimate of drug-likeness (QED) is 0.729. The molecule has 0 unspecified atom stereocenters. The third kappa shape index (κ3) is 2.65. The van der Waals surface area contributed by atoms with Crippen molar-refractivity contribution in [1.82, 2.24) is 4.90 Å². The monoisotopic (exact) mass is 293 g/mol. The number of rotatable bonds is 4. The van der Waals surface area contributed by atoms with Gasteiger partial charge in [-0.25, -0.2) is 0 Å². The van der Waals surface area contributed by atoms with E-state index in [9.17, 15) is 14.4 Å². The lowest BCUT2D eigenvalue weighted by Gasteiger charge is -2.31. The molecule has 3 rings (SSSR count). The topological polar surface area (TPSA) is 79.0 Å². The Kier molecular flexibility index (Phi) is 3.92. The molecule has 2 aliphatic heterocycles. The Balaban J connectivity index is 1.65. The second-order valence-corrected chi connectivity index (χ2v) is 5.42. The number of likely N-dealkylation sites (tertiary alicyclic amines) is 1. The van der Waals surface area contributed by atoms with Crippen molar-refractivity contribution in [3.8, 4) is 0 Å². The van der Waals surface area contributed by atoms with E-state index in [4.69, 9.17) is 4.74 Å². The molecule has 0 radical (unpaired) electrons. The fourth-order valence-electron chi connectivity index (χ4n) is 2.87. The van der Waals surface area contributed by atoms with Crippen molar-refractivity contribution >= 4 is 17.3 Å². The van der Waals surface area contributed by atoms with E-state index in [0.29, 0.717) is 32.0 Å². The molecule has 2 saturated heterocycles. The van der Waals surface area contributed by atoms with Crippen LogP contribution in [0.15, 0.2) is 9.59 Å². The fourth-order valence-corrected chi connectivity index (χ4v) is 2.87. The highest BCUT2D eigenvalue weighted by atomic mass is 16.5. The van der Waals surface area contributed by atoms with Crippen LogP contribution >= 0.6 is 0 Å². The zero-order valence-electron chi connectivity index (χ0n) is 11.9. The lowest BCUT2D eigenvalue weighted by molar-refractivity contribution is -0.128. The summed E-state index contributed by atoms with van der Waals surface area (Å²) in [5.41, 5.74) is -0.286. The molecular weight excluding hydrogens is 274 g/mol. The van der Waals surface area contributed by atoms with Gasteiger partial charge in [0.15, 0.2) is 0 Å². The minimum atomic E-state index is -0.522. The van der Waals surface area contributed by atoms with Gasteiger partial charge in [-0.05, 0) is 12.8 Å². The molecule has 0 aromatic heterocycles. The van der Waals surface area contributed by atoms with Crippen LogP contribution in [0.4, 0.5) is 11.4 Å². The predicted octanol–water partition coefficient (Wildman–Crippen LogP) is -0.846. The summed E-state index contributed by atoms with van der Waals surface area (Å²) in [5, 5.41) is 2.86. The first-order valence-corrected chi connectivity index (χ1v) is 7.36. The Bertz CT molecular complexity index is 594. The van der Waals surface area contributed by atoms with Gasteiger partial charge in [0, 0.05) is 26.2 Å². The van der Waals surface area contributed by atoms with Crippen molar-refractivity contribution in [2.45, 2.75) is 12.8 Å². The van der Waals surface area contributed by atoms with Crippen molar-refractivity contribution in [2.24, 2.45) is 0 Å². The lowest BCUT2D eigenvalue weighted by Crippen LogP contribution is -2.47. The number of hydrogen-bond donors (Lipinski definition) is 1. The molecule has 0 spiro atoms. The van der Waals surface area contributed by atoms with E-state index in [1.165, 1.54) is 0 Å². The molecule has 0 bridgehead atoms. The van der Waals surface area contributed by atoms with E-state index in [-0.39, 0.29) is 18.1 Å². The number of carbonyl (C=O) groups excluding carboxylic acids is 1. The first-order valence-electron chi connectivity index (χ1n) is 7.36. The van der Waals surface area contributed by atoms with Gasteiger partial charge in [-0.3, -0.25) is 14.4 Å². The summed E-state index contributed by atoms with van der Waals surface area (Å²) < 4.78 is 5.24. The van der Waals surface area contributed by atoms with E-state index >= 15 is 0 Å². The van der Waals surface area contributed by atoms with Crippen LogP contribution in [0.3, 0.4) is 0 Å². The van der Waals surface area contributed by atoms with Crippen LogP contribution in [0.5, 0.6) is 0 Å². The third-order valence-electron chi connectivity index (χ3n) is 4.09. The number of hydrogen-bond acceptors (Lipinski definition) is 6. The van der Waals surface area contributed by atoms with Crippen molar-refractivity contribution in [2.75, 3.05) is 56.2 Å². The SMILES string of the molecule is O=C(CNc1c(N2CCOCC2)c(=O)c1=O)N1CCCC1. The summed E-state index contributed by atoms with van der Waals surface area (Å²) in [5.74, 6) is -0.0199. The summed E-state index contributed by atoms with van der Waals surface area (Å²) in [6, 6.07) is 0. The number of morpholine rings is 1. The number of carbonyl (C=O) groups is 1. The normalized spacial score (nSPS) is 19.2. The molecule has 0 aliphatic carbocycles. The van der Waals surface area contributed by atoms with Crippen molar-refractivity contribution < 1.29 is 9.53 Å². The molecule has 0 atom stereocenters. The maximum absolute atomic E-state index is 12.0. The van der Waals surface area contributed by atoms with Crippen molar-refractivity contribution in [3.63, 3.8) is 0 Å². The highest BCUT2D eigenvalue weighted by Crippen LogP contribution is 2.21. The molecule has 1 amide bonds. The zero-order chi connectivity index (χ0) is 14.8. The molecule has 7 nitrogen and oxygen atoms in total. The molecule has 2 heterocycles. The number of nitrogens with zero attached hydrogens (tertiary/aromatic N) is 2. The molecule has 1 aromatic carbocycles. The Morgan fingerprint density at radius 1 is 1.05 bits per heavy atom. The maximum Gasteiger partial charge on any atom is 0.253 e. The first-order chi connectivity index (χ1) is 10.2. The van der Waals surface area contributed by atoms with Crippen molar-refractivity contribution in [1.29, 1.82) is 0 Å². The molecular formula is C14H19N3O4. The highest BCUT2D eigenvalue weighted by molar-refractivity contribution is 5.84. The van der Waals surface area contributed by atoms with Gasteiger partial charge in [0.2, 0.25) is 5.91 Å². The van der Waals surface area contributed by atoms with Gasteiger partial charge in [0.1, 0.15) is 11.4 Å². The van der Waals surface area contributed by atoms with E-state index in [1.54, 1.807) is 4.90 Å². The third-order valence-corrected chi connectivity index (χ3v) is 4.09. The predicted molar refractivity (Wildman–Crippen MR) is 78.7 cm³/mol. The first kappa shape index (κ1) is 14.1. The second-order valence-electron chi connectivity index (χ2n) is 5.42. The van der Waals surface area contributed by atoms with Crippen LogP contribution in [0, 0.1) is 0 Å². The van der Waals surface area contributed by atoms with Gasteiger partial charge >= 0.3 is 0 Å². The van der Waals surface area contributed by atoms with Crippen LogP contribution in [0.25, 0.3) is 0 Å². The average molecular weight is 293 g/mol. The molecule has 7 heteroatoms. The maximum atomic E-state index is 12.0. The van der Waals surface area contributed by atoms with Gasteiger partial charge in [-0.1, -0.05) is 0 Å². The number of ether oxygens (including phenoxy) is 1. The summed E-state index contributed by atoms with van der Waals surface area (Å²) in [7, 11) is 0. The summed E-state index contributed by atoms with van der Waals surface area (Å²) in [6.45, 7) is 3.92. The Hall–Kier alpha value is -1.89. The minimum absolute atomic E-state index is 0.0199. The summed E-state index contributed by atoms with van der Waals surface area (Å²) >= 11 is 0. The van der Waals surface area contributed by atoms with E-state index in [2.05, 4.69) is 5.32 Å². The Morgan fingerprint density at radius 2 is 1.71 bits per heavy atom. The van der Waals surface area contributed by atoms with Gasteiger partial charge in [0.05, 0.1) is 19.8 Å². The van der Waals surface area contributed by atoms with Gasteiger partial charge in [0.25, 0.3) is 10.9 Å².